The number of carboxylic acids is 1. The Balaban J connectivity index is 1.20. The summed E-state index contributed by atoms with van der Waals surface area (Å²) in [6.07, 6.45) is -0.804. The molecule has 0 saturated carbocycles. The minimum absolute atomic E-state index is 0.0119. The number of carboxylic acid groups (broad SMARTS) is 1. The van der Waals surface area contributed by atoms with Crippen LogP contribution < -0.4 is 0 Å². The summed E-state index contributed by atoms with van der Waals surface area (Å²) >= 11 is 0. The zero-order valence-electron chi connectivity index (χ0n) is 21.1. The fourth-order valence-corrected chi connectivity index (χ4v) is 4.48. The van der Waals surface area contributed by atoms with Gasteiger partial charge < -0.3 is 43.0 Å². The number of ketones is 1. The van der Waals surface area contributed by atoms with E-state index in [4.69, 9.17) is 43.0 Å². The first-order valence-corrected chi connectivity index (χ1v) is 12.2. The minimum atomic E-state index is -1.31. The van der Waals surface area contributed by atoms with Crippen molar-refractivity contribution in [1.82, 2.24) is 0 Å². The summed E-state index contributed by atoms with van der Waals surface area (Å²) in [5, 5.41) is 8.58. The summed E-state index contributed by atoms with van der Waals surface area (Å²) in [5.74, 6) is -4.98. The average Bonchev–Trinajstić information content (AvgIpc) is 3.66. The van der Waals surface area contributed by atoms with Crippen LogP contribution in [0.1, 0.15) is 6.92 Å². The molecular formula is C25H26O15. The van der Waals surface area contributed by atoms with Crippen LogP contribution in [0.5, 0.6) is 0 Å². The third-order valence-electron chi connectivity index (χ3n) is 6.17. The number of fused-ring (bicyclic) bond motifs is 2. The van der Waals surface area contributed by atoms with Gasteiger partial charge in [0.15, 0.2) is 30.2 Å². The first kappa shape index (κ1) is 29.1. The molecule has 15 nitrogen and oxygen atoms in total. The highest BCUT2D eigenvalue weighted by molar-refractivity contribution is 5.94. The Bertz CT molecular complexity index is 1040. The Morgan fingerprint density at radius 1 is 0.525 bits per heavy atom. The van der Waals surface area contributed by atoms with Gasteiger partial charge in [0.1, 0.15) is 24.4 Å². The molecule has 4 aliphatic heterocycles. The normalized spacial score (nSPS) is 32.7. The molecule has 8 atom stereocenters. The predicted octanol–water partition coefficient (Wildman–Crippen LogP) is -1.43. The molecule has 0 aromatic rings. The molecule has 216 valence electrons. The van der Waals surface area contributed by atoms with Crippen LogP contribution in [-0.4, -0.2) is 116 Å². The van der Waals surface area contributed by atoms with Crippen molar-refractivity contribution in [3.63, 3.8) is 0 Å². The second-order valence-electron chi connectivity index (χ2n) is 9.04. The van der Waals surface area contributed by atoms with E-state index in [1.165, 1.54) is 6.92 Å². The third kappa shape index (κ3) is 7.38. The van der Waals surface area contributed by atoms with Gasteiger partial charge in [0.25, 0.3) is 0 Å². The first-order valence-electron chi connectivity index (χ1n) is 12.2. The number of hydrogen-bond donors (Lipinski definition) is 1. The van der Waals surface area contributed by atoms with Crippen LogP contribution in [0, 0.1) is 0 Å². The van der Waals surface area contributed by atoms with E-state index >= 15 is 0 Å². The lowest BCUT2D eigenvalue weighted by molar-refractivity contribution is -0.152. The molecule has 0 bridgehead atoms. The Morgan fingerprint density at radius 2 is 0.800 bits per heavy atom. The highest BCUT2D eigenvalue weighted by atomic mass is 16.7. The second-order valence-corrected chi connectivity index (χ2v) is 9.04. The van der Waals surface area contributed by atoms with Gasteiger partial charge in [-0.15, -0.1) is 0 Å². The largest absolute Gasteiger partial charge is 0.478 e. The van der Waals surface area contributed by atoms with E-state index in [-0.39, 0.29) is 32.2 Å². The highest BCUT2D eigenvalue weighted by Gasteiger charge is 2.52. The lowest BCUT2D eigenvalue weighted by atomic mass is 10.1. The molecule has 4 saturated heterocycles. The minimum Gasteiger partial charge on any atom is -0.478 e. The summed E-state index contributed by atoms with van der Waals surface area (Å²) in [4.78, 5) is 69.5. The Morgan fingerprint density at radius 3 is 1.07 bits per heavy atom. The molecule has 4 heterocycles. The van der Waals surface area contributed by atoms with Crippen molar-refractivity contribution in [2.75, 3.05) is 26.4 Å². The van der Waals surface area contributed by atoms with E-state index in [2.05, 4.69) is 0 Å². The Labute approximate surface area is 226 Å². The number of carbonyl (C=O) groups is 6. The summed E-state index contributed by atoms with van der Waals surface area (Å²) in [7, 11) is 0. The number of esters is 4. The van der Waals surface area contributed by atoms with Crippen LogP contribution in [-0.2, 0) is 66.7 Å². The number of rotatable bonds is 10. The molecule has 0 aromatic heterocycles. The Hall–Kier alpha value is -3.92. The summed E-state index contributed by atoms with van der Waals surface area (Å²) in [5.41, 5.74) is 0. The molecule has 0 unspecified atom stereocenters. The van der Waals surface area contributed by atoms with Gasteiger partial charge in [-0.1, -0.05) is 0 Å². The lowest BCUT2D eigenvalue weighted by Crippen LogP contribution is -2.36. The summed E-state index contributed by atoms with van der Waals surface area (Å²) in [6.45, 7) is 1.19. The van der Waals surface area contributed by atoms with E-state index in [1.807, 2.05) is 0 Å². The average molecular weight is 566 g/mol. The second kappa shape index (κ2) is 13.0. The fourth-order valence-electron chi connectivity index (χ4n) is 4.48. The van der Waals surface area contributed by atoms with Crippen LogP contribution in [0.15, 0.2) is 36.5 Å². The van der Waals surface area contributed by atoms with Crippen LogP contribution in [0.25, 0.3) is 0 Å². The molecule has 15 heteroatoms. The van der Waals surface area contributed by atoms with Crippen molar-refractivity contribution in [2.45, 2.75) is 55.8 Å². The Kier molecular flexibility index (Phi) is 9.42. The molecule has 4 rings (SSSR count). The molecule has 1 N–H and O–H groups in total. The van der Waals surface area contributed by atoms with Gasteiger partial charge in [-0.05, 0) is 13.0 Å². The number of allylic oxidation sites excluding steroid dienone is 1. The van der Waals surface area contributed by atoms with E-state index in [1.54, 1.807) is 0 Å². The van der Waals surface area contributed by atoms with Crippen molar-refractivity contribution in [3.05, 3.63) is 36.5 Å². The zero-order chi connectivity index (χ0) is 28.8. The van der Waals surface area contributed by atoms with E-state index in [0.717, 1.165) is 30.4 Å². The lowest BCUT2D eigenvalue weighted by Gasteiger charge is -2.16. The van der Waals surface area contributed by atoms with Crippen molar-refractivity contribution in [1.29, 1.82) is 0 Å². The molecular weight excluding hydrogens is 540 g/mol. The smallest absolute Gasteiger partial charge is 0.331 e. The van der Waals surface area contributed by atoms with Crippen LogP contribution in [0.4, 0.5) is 0 Å². The van der Waals surface area contributed by atoms with Crippen LogP contribution >= 0.6 is 0 Å². The summed E-state index contributed by atoms with van der Waals surface area (Å²) < 4.78 is 43.2. The fraction of sp³-hybridized carbons (Fsp3) is 0.520. The number of carbonyl (C=O) groups excluding carboxylic acids is 5. The van der Waals surface area contributed by atoms with Crippen LogP contribution in [0.3, 0.4) is 0 Å². The maximum atomic E-state index is 12.3. The molecule has 40 heavy (non-hydrogen) atoms. The standard InChI is InChI=1S/C25H26O15/c1-12(26)2-4-18(29)37-13-8-33-24-15(10-35-22(13)24)39-20(31)6-7-21(32)40-16-11-36-23-14(9-34-25(16)23)38-19(30)5-3-17(27)28/h2-7,13-16,22-25H,8-11H2,1H3,(H,27,28)/b4-2-,5-3-,7-6-/t13-,14-,15-,16-,22+,23+,24+,25+/m0/s1. The number of ether oxygens (including phenoxy) is 8. The van der Waals surface area contributed by atoms with Gasteiger partial charge in [0, 0.05) is 30.4 Å². The maximum Gasteiger partial charge on any atom is 0.331 e. The maximum absolute atomic E-state index is 12.3. The number of hydrogen-bond acceptors (Lipinski definition) is 14. The molecule has 4 aliphatic rings. The van der Waals surface area contributed by atoms with E-state index in [0.29, 0.717) is 6.08 Å². The van der Waals surface area contributed by atoms with Crippen molar-refractivity contribution in [2.24, 2.45) is 0 Å². The van der Waals surface area contributed by atoms with Gasteiger partial charge in [0.05, 0.1) is 26.4 Å². The SMILES string of the molecule is CC(=O)/C=C\C(=O)O[C@H]1CO[C@H]2[C@@H]1OC[C@@H]2OC(=O)/C=C\C(=O)O[C@H]1CO[C@H]2[C@@H]1OC[C@@H]2OC(=O)/C=C\C(=O)O. The third-order valence-corrected chi connectivity index (χ3v) is 6.17. The van der Waals surface area contributed by atoms with Gasteiger partial charge >= 0.3 is 29.8 Å². The topological polar surface area (TPSA) is 196 Å². The predicted molar refractivity (Wildman–Crippen MR) is 124 cm³/mol. The van der Waals surface area contributed by atoms with Crippen molar-refractivity contribution in [3.8, 4) is 0 Å². The quantitative estimate of drug-likeness (QED) is 0.183. The van der Waals surface area contributed by atoms with Gasteiger partial charge in [-0.3, -0.25) is 4.79 Å². The molecule has 0 aliphatic carbocycles. The van der Waals surface area contributed by atoms with Crippen molar-refractivity contribution >= 4 is 35.6 Å². The first-order chi connectivity index (χ1) is 19.1. The van der Waals surface area contributed by atoms with E-state index < -0.39 is 78.7 Å². The van der Waals surface area contributed by atoms with E-state index in [9.17, 15) is 28.8 Å². The van der Waals surface area contributed by atoms with Crippen LogP contribution in [0.2, 0.25) is 0 Å². The molecule has 4 fully saturated rings. The summed E-state index contributed by atoms with van der Waals surface area (Å²) in [6, 6.07) is 0. The molecule has 0 amide bonds. The molecule has 0 spiro atoms. The zero-order valence-corrected chi connectivity index (χ0v) is 21.1. The van der Waals surface area contributed by atoms with Crippen molar-refractivity contribution < 1.29 is 71.8 Å². The highest BCUT2D eigenvalue weighted by Crippen LogP contribution is 2.32. The monoisotopic (exact) mass is 566 g/mol. The van der Waals surface area contributed by atoms with Gasteiger partial charge in [0.2, 0.25) is 0 Å². The van der Waals surface area contributed by atoms with Gasteiger partial charge in [-0.2, -0.15) is 0 Å². The molecule has 0 radical (unpaired) electrons. The van der Waals surface area contributed by atoms with Gasteiger partial charge in [-0.25, -0.2) is 24.0 Å². The number of aliphatic carboxylic acids is 1. The molecule has 0 aromatic carbocycles.